The second kappa shape index (κ2) is 19.0. The highest BCUT2D eigenvalue weighted by Gasteiger charge is 2.51. The van der Waals surface area contributed by atoms with E-state index < -0.39 is 8.07 Å². The normalized spacial score (nSPS) is 18.7. The van der Waals surface area contributed by atoms with Gasteiger partial charge in [0.2, 0.25) is 0 Å². The maximum absolute atomic E-state index is 7.78. The van der Waals surface area contributed by atoms with Crippen molar-refractivity contribution in [2.45, 2.75) is 161 Å². The van der Waals surface area contributed by atoms with Crippen molar-refractivity contribution in [3.05, 3.63) is 233 Å². The zero-order valence-electron chi connectivity index (χ0n) is 53.1. The van der Waals surface area contributed by atoms with E-state index in [1.807, 2.05) is 0 Å². The van der Waals surface area contributed by atoms with Gasteiger partial charge in [-0.2, -0.15) is 0 Å². The third kappa shape index (κ3) is 8.18. The van der Waals surface area contributed by atoms with Crippen molar-refractivity contribution in [3.63, 3.8) is 0 Å². The minimum atomic E-state index is -2.69. The number of anilines is 6. The Bertz CT molecular complexity index is 4260. The van der Waals surface area contributed by atoms with Crippen LogP contribution in [-0.4, -0.2) is 14.8 Å². The van der Waals surface area contributed by atoms with E-state index in [4.69, 9.17) is 4.42 Å². The molecule has 0 saturated heterocycles. The Kier molecular flexibility index (Phi) is 12.1. The summed E-state index contributed by atoms with van der Waals surface area (Å²) in [6, 6.07) is 75.6. The third-order valence-electron chi connectivity index (χ3n) is 22.2. The highest BCUT2D eigenvalue weighted by Crippen LogP contribution is 2.55. The lowest BCUT2D eigenvalue weighted by Crippen LogP contribution is -2.74. The minimum absolute atomic E-state index is 0.00889. The summed E-state index contributed by atoms with van der Waals surface area (Å²) in [6.07, 6.45) is 6.94. The molecule has 1 aromatic heterocycles. The summed E-state index contributed by atoms with van der Waals surface area (Å²) in [7, 11) is -2.69. The standard InChI is InChI=1S/C81H83BN2OSi/c1-52-45-70-73-71(46-52)84(55-33-29-53(30-34-55)54-31-36-60(37-32-54)86(57-23-17-14-18-24-57,58-25-19-15-20-26-58)59-27-21-16-22-28-59)74-61-48-64-67(81(12,13)44-41-78(64,6)7)51-72(61)85-75(74)82(73)68-49-65-66(80(10,11)43-42-79(65,8)9)50-69(68)83(70)56-35-38-62-63(47-56)77(4,5)40-39-76(62,2)3/h14-38,45-51H,39-44H2,1-13H3. The van der Waals surface area contributed by atoms with Gasteiger partial charge in [0.1, 0.15) is 5.58 Å². The zero-order chi connectivity index (χ0) is 59.7. The first-order chi connectivity index (χ1) is 41.0. The molecule has 15 rings (SSSR count). The fraction of sp³-hybridized carbons (Fsp3) is 0.309. The van der Waals surface area contributed by atoms with Crippen molar-refractivity contribution in [1.29, 1.82) is 0 Å². The van der Waals surface area contributed by atoms with Gasteiger partial charge in [0.25, 0.3) is 6.71 Å². The molecule has 0 saturated carbocycles. The molecule has 0 N–H and O–H groups in total. The molecular formula is C81H83BN2OSi. The largest absolute Gasteiger partial charge is 0.468 e. The Morgan fingerprint density at radius 3 is 1.29 bits per heavy atom. The average molecular weight is 1140 g/mol. The van der Waals surface area contributed by atoms with Crippen LogP contribution < -0.4 is 47.1 Å². The molecule has 5 aliphatic rings. The molecule has 0 bridgehead atoms. The zero-order valence-corrected chi connectivity index (χ0v) is 54.1. The van der Waals surface area contributed by atoms with E-state index in [-0.39, 0.29) is 39.2 Å². The van der Waals surface area contributed by atoms with Crippen LogP contribution in [0.2, 0.25) is 0 Å². The van der Waals surface area contributed by atoms with Gasteiger partial charge in [-0.1, -0.05) is 223 Å². The molecule has 3 heterocycles. The van der Waals surface area contributed by atoms with E-state index in [9.17, 15) is 0 Å². The molecule has 0 radical (unpaired) electrons. The second-order valence-electron chi connectivity index (χ2n) is 30.5. The van der Waals surface area contributed by atoms with Crippen LogP contribution in [0.25, 0.3) is 22.1 Å². The van der Waals surface area contributed by atoms with Crippen LogP contribution in [-0.2, 0) is 32.5 Å². The lowest BCUT2D eigenvalue weighted by Gasteiger charge is -2.47. The molecule has 86 heavy (non-hydrogen) atoms. The van der Waals surface area contributed by atoms with Crippen LogP contribution in [0.3, 0.4) is 0 Å². The van der Waals surface area contributed by atoms with Crippen molar-refractivity contribution in [1.82, 2.24) is 0 Å². The molecule has 0 atom stereocenters. The molecule has 5 heteroatoms. The number of fused-ring (bicyclic) bond motifs is 9. The highest BCUT2D eigenvalue weighted by molar-refractivity contribution is 7.19. The number of furan rings is 1. The number of benzene rings is 9. The van der Waals surface area contributed by atoms with Gasteiger partial charge in [-0.3, -0.25) is 0 Å². The molecule has 2 aliphatic heterocycles. The number of nitrogens with zero attached hydrogens (tertiary/aromatic N) is 2. The summed E-state index contributed by atoms with van der Waals surface area (Å²) in [5, 5.41) is 6.71. The fourth-order valence-electron chi connectivity index (χ4n) is 16.8. The molecule has 10 aromatic rings. The fourth-order valence-corrected chi connectivity index (χ4v) is 21.5. The summed E-state index contributed by atoms with van der Waals surface area (Å²) >= 11 is 0. The molecule has 3 nitrogen and oxygen atoms in total. The molecule has 0 amide bonds. The predicted molar refractivity (Wildman–Crippen MR) is 370 cm³/mol. The van der Waals surface area contributed by atoms with Gasteiger partial charge in [-0.15, -0.1) is 0 Å². The van der Waals surface area contributed by atoms with Gasteiger partial charge < -0.3 is 14.2 Å². The summed E-state index contributed by atoms with van der Waals surface area (Å²) in [5.74, 6) is 0. The second-order valence-corrected chi connectivity index (χ2v) is 34.3. The molecular weight excluding hydrogens is 1060 g/mol. The maximum atomic E-state index is 7.78. The molecule has 0 fully saturated rings. The Morgan fingerprint density at radius 2 is 0.779 bits per heavy atom. The van der Waals surface area contributed by atoms with Crippen LogP contribution in [0.4, 0.5) is 34.1 Å². The van der Waals surface area contributed by atoms with Crippen molar-refractivity contribution in [2.75, 3.05) is 9.80 Å². The summed E-state index contributed by atoms with van der Waals surface area (Å²) < 4.78 is 7.78. The third-order valence-corrected chi connectivity index (χ3v) is 27.0. The van der Waals surface area contributed by atoms with Gasteiger partial charge in [-0.25, -0.2) is 0 Å². The maximum Gasteiger partial charge on any atom is 0.297 e. The van der Waals surface area contributed by atoms with E-state index in [2.05, 4.69) is 294 Å². The van der Waals surface area contributed by atoms with Gasteiger partial charge >= 0.3 is 0 Å². The van der Waals surface area contributed by atoms with E-state index in [1.165, 1.54) is 122 Å². The highest BCUT2D eigenvalue weighted by atomic mass is 28.3. The Morgan fingerprint density at radius 1 is 0.372 bits per heavy atom. The van der Waals surface area contributed by atoms with Gasteiger partial charge in [0.05, 0.1) is 11.3 Å². The lowest BCUT2D eigenvalue weighted by molar-refractivity contribution is 0.332. The van der Waals surface area contributed by atoms with Gasteiger partial charge in [0, 0.05) is 33.8 Å². The number of rotatable bonds is 7. The van der Waals surface area contributed by atoms with Crippen LogP contribution in [0.15, 0.2) is 199 Å². The van der Waals surface area contributed by atoms with E-state index in [1.54, 1.807) is 0 Å². The molecule has 430 valence electrons. The van der Waals surface area contributed by atoms with Crippen LogP contribution >= 0.6 is 0 Å². The first-order valence-corrected chi connectivity index (χ1v) is 34.1. The van der Waals surface area contributed by atoms with Crippen molar-refractivity contribution >= 4 is 97.2 Å². The van der Waals surface area contributed by atoms with Crippen LogP contribution in [0.1, 0.15) is 161 Å². The van der Waals surface area contributed by atoms with Crippen LogP contribution in [0, 0.1) is 6.92 Å². The number of aryl methyl sites for hydroxylation is 1. The molecule has 0 spiro atoms. The first kappa shape index (κ1) is 55.0. The van der Waals surface area contributed by atoms with Crippen molar-refractivity contribution < 1.29 is 4.42 Å². The lowest BCUT2D eigenvalue weighted by atomic mass is 9.35. The van der Waals surface area contributed by atoms with E-state index >= 15 is 0 Å². The van der Waals surface area contributed by atoms with Gasteiger partial charge in [0.15, 0.2) is 8.07 Å². The van der Waals surface area contributed by atoms with Crippen molar-refractivity contribution in [2.24, 2.45) is 0 Å². The Hall–Kier alpha value is -7.60. The Labute approximate surface area is 513 Å². The minimum Gasteiger partial charge on any atom is -0.468 e. The quantitative estimate of drug-likeness (QED) is 0.117. The Balaban J connectivity index is 0.950. The van der Waals surface area contributed by atoms with E-state index in [0.717, 1.165) is 49.0 Å². The van der Waals surface area contributed by atoms with Gasteiger partial charge in [-0.05, 0) is 214 Å². The topological polar surface area (TPSA) is 19.6 Å². The van der Waals surface area contributed by atoms with E-state index in [0.29, 0.717) is 0 Å². The molecule has 3 aliphatic carbocycles. The van der Waals surface area contributed by atoms with Crippen molar-refractivity contribution in [3.8, 4) is 11.1 Å². The predicted octanol–water partition coefficient (Wildman–Crippen LogP) is 16.9. The SMILES string of the molecule is Cc1cc2c3c(c1)N(c1ccc(-c4ccc([Si](c5ccccc5)(c5ccccc5)c5ccccc5)cc4)cc1)c1c(oc4cc5c(cc14)C(C)(C)CCC5(C)C)B3c1cc3c(cc1N2c1ccc2c(c1)C(C)(C)CCC2(C)C)C(C)(C)CCC3(C)C. The smallest absolute Gasteiger partial charge is 0.297 e. The summed E-state index contributed by atoms with van der Waals surface area (Å²) in [4.78, 5) is 5.29. The number of hydrogen-bond acceptors (Lipinski definition) is 3. The van der Waals surface area contributed by atoms with Crippen LogP contribution in [0.5, 0.6) is 0 Å². The molecule has 0 unspecified atom stereocenters. The summed E-state index contributed by atoms with van der Waals surface area (Å²) in [6.45, 7) is 31.8. The summed E-state index contributed by atoms with van der Waals surface area (Å²) in [5.41, 5.74) is 24.6. The average Bonchev–Trinajstić information content (AvgIpc) is 1.24. The molecule has 9 aromatic carbocycles. The number of hydrogen-bond donors (Lipinski definition) is 0. The first-order valence-electron chi connectivity index (χ1n) is 32.1. The monoisotopic (exact) mass is 1140 g/mol.